The Kier molecular flexibility index (Phi) is 3.09. The maximum absolute atomic E-state index is 6.75. The summed E-state index contributed by atoms with van der Waals surface area (Å²) in [5.74, 6) is 0. The number of fused-ring (bicyclic) bond motifs is 1. The van der Waals surface area contributed by atoms with Gasteiger partial charge in [0.05, 0.1) is 0 Å². The highest BCUT2D eigenvalue weighted by molar-refractivity contribution is 5.86. The zero-order valence-corrected chi connectivity index (χ0v) is 10.9. The average Bonchev–Trinajstić information content (AvgIpc) is 2.64. The highest BCUT2D eigenvalue weighted by Gasteiger charge is 2.29. The van der Waals surface area contributed by atoms with Crippen LogP contribution in [0.4, 0.5) is 0 Å². The van der Waals surface area contributed by atoms with Crippen LogP contribution in [0.5, 0.6) is 0 Å². The van der Waals surface area contributed by atoms with Gasteiger partial charge in [0.15, 0.2) is 0 Å². The third-order valence-electron chi connectivity index (χ3n) is 4.32. The molecule has 94 valence electrons. The lowest BCUT2D eigenvalue weighted by Gasteiger charge is -2.30. The second-order valence-electron chi connectivity index (χ2n) is 5.60. The minimum Gasteiger partial charge on any atom is -0.321 e. The van der Waals surface area contributed by atoms with E-state index >= 15 is 0 Å². The first-order valence-electron chi connectivity index (χ1n) is 7.07. The summed E-state index contributed by atoms with van der Waals surface area (Å²) in [6.45, 7) is 0. The Bertz CT molecular complexity index is 531. The summed E-state index contributed by atoms with van der Waals surface area (Å²) in [6, 6.07) is 15.2. The van der Waals surface area contributed by atoms with Crippen molar-refractivity contribution in [3.63, 3.8) is 0 Å². The van der Waals surface area contributed by atoms with Crippen LogP contribution in [0.15, 0.2) is 42.5 Å². The minimum absolute atomic E-state index is 0.114. The molecule has 0 unspecified atom stereocenters. The topological polar surface area (TPSA) is 26.0 Å². The van der Waals surface area contributed by atoms with E-state index < -0.39 is 0 Å². The van der Waals surface area contributed by atoms with Crippen LogP contribution >= 0.6 is 0 Å². The molecule has 2 aromatic rings. The third-order valence-corrected chi connectivity index (χ3v) is 4.32. The van der Waals surface area contributed by atoms with E-state index in [1.165, 1.54) is 42.0 Å². The van der Waals surface area contributed by atoms with Crippen molar-refractivity contribution in [3.8, 4) is 0 Å². The van der Waals surface area contributed by atoms with Crippen LogP contribution in [0, 0.1) is 0 Å². The van der Waals surface area contributed by atoms with E-state index in [0.717, 1.165) is 12.8 Å². The molecule has 1 fully saturated rings. The number of hydrogen-bond acceptors (Lipinski definition) is 1. The molecule has 0 radical (unpaired) electrons. The van der Waals surface area contributed by atoms with Crippen molar-refractivity contribution in [3.05, 3.63) is 48.0 Å². The second-order valence-corrected chi connectivity index (χ2v) is 5.60. The summed E-state index contributed by atoms with van der Waals surface area (Å²) in [4.78, 5) is 0. The molecule has 1 saturated carbocycles. The quantitative estimate of drug-likeness (QED) is 0.736. The van der Waals surface area contributed by atoms with Crippen molar-refractivity contribution in [2.45, 2.75) is 44.1 Å². The van der Waals surface area contributed by atoms with Crippen LogP contribution < -0.4 is 5.73 Å². The van der Waals surface area contributed by atoms with E-state index in [2.05, 4.69) is 42.5 Å². The molecule has 0 atom stereocenters. The first-order chi connectivity index (χ1) is 8.80. The van der Waals surface area contributed by atoms with Crippen molar-refractivity contribution < 1.29 is 0 Å². The fraction of sp³-hybridized carbons (Fsp3) is 0.412. The zero-order valence-electron chi connectivity index (χ0n) is 10.9. The molecule has 1 heteroatoms. The van der Waals surface area contributed by atoms with Crippen LogP contribution in [-0.2, 0) is 5.54 Å². The van der Waals surface area contributed by atoms with Gasteiger partial charge in [0, 0.05) is 5.54 Å². The van der Waals surface area contributed by atoms with E-state index in [4.69, 9.17) is 5.73 Å². The lowest BCUT2D eigenvalue weighted by atomic mass is 9.81. The fourth-order valence-electron chi connectivity index (χ4n) is 3.29. The zero-order chi connectivity index (χ0) is 12.4. The standard InChI is InChI=1S/C17H21N/c18-17(12-5-1-2-6-13-17)16-11-7-9-14-8-3-4-10-15(14)16/h3-4,7-11H,1-2,5-6,12-13,18H2. The molecule has 0 bridgehead atoms. The Hall–Kier alpha value is -1.34. The first kappa shape index (κ1) is 11.7. The Labute approximate surface area is 109 Å². The molecule has 0 saturated heterocycles. The van der Waals surface area contributed by atoms with Gasteiger partial charge in [-0.1, -0.05) is 68.1 Å². The Balaban J connectivity index is 2.12. The van der Waals surface area contributed by atoms with E-state index in [1.807, 2.05) is 0 Å². The van der Waals surface area contributed by atoms with Gasteiger partial charge < -0.3 is 5.73 Å². The predicted molar refractivity (Wildman–Crippen MR) is 77.5 cm³/mol. The van der Waals surface area contributed by atoms with Crippen molar-refractivity contribution in [2.75, 3.05) is 0 Å². The summed E-state index contributed by atoms with van der Waals surface area (Å²) >= 11 is 0. The van der Waals surface area contributed by atoms with Crippen molar-refractivity contribution >= 4 is 10.8 Å². The normalized spacial score (nSPS) is 19.6. The first-order valence-corrected chi connectivity index (χ1v) is 7.07. The van der Waals surface area contributed by atoms with Gasteiger partial charge in [0.1, 0.15) is 0 Å². The summed E-state index contributed by atoms with van der Waals surface area (Å²) < 4.78 is 0. The van der Waals surface area contributed by atoms with E-state index in [0.29, 0.717) is 0 Å². The summed E-state index contributed by atoms with van der Waals surface area (Å²) in [5.41, 5.74) is 7.98. The number of hydrogen-bond donors (Lipinski definition) is 1. The molecule has 0 heterocycles. The second kappa shape index (κ2) is 4.74. The monoisotopic (exact) mass is 239 g/mol. The van der Waals surface area contributed by atoms with Gasteiger partial charge in [-0.2, -0.15) is 0 Å². The van der Waals surface area contributed by atoms with Crippen LogP contribution in [-0.4, -0.2) is 0 Å². The van der Waals surface area contributed by atoms with Crippen molar-refractivity contribution in [1.82, 2.24) is 0 Å². The van der Waals surface area contributed by atoms with Gasteiger partial charge in [-0.25, -0.2) is 0 Å². The summed E-state index contributed by atoms with van der Waals surface area (Å²) in [5, 5.41) is 2.65. The molecule has 0 aliphatic heterocycles. The maximum atomic E-state index is 6.75. The molecule has 0 amide bonds. The van der Waals surface area contributed by atoms with Gasteiger partial charge in [0.2, 0.25) is 0 Å². The largest absolute Gasteiger partial charge is 0.321 e. The Morgan fingerprint density at radius 1 is 0.778 bits per heavy atom. The number of nitrogens with two attached hydrogens (primary N) is 1. The molecule has 0 spiro atoms. The third kappa shape index (κ3) is 2.04. The fourth-order valence-corrected chi connectivity index (χ4v) is 3.29. The molecular weight excluding hydrogens is 218 g/mol. The van der Waals surface area contributed by atoms with Crippen molar-refractivity contribution in [2.24, 2.45) is 5.73 Å². The van der Waals surface area contributed by atoms with E-state index in [9.17, 15) is 0 Å². The molecule has 1 aliphatic carbocycles. The van der Waals surface area contributed by atoms with Gasteiger partial charge in [0.25, 0.3) is 0 Å². The van der Waals surface area contributed by atoms with Crippen LogP contribution in [0.3, 0.4) is 0 Å². The van der Waals surface area contributed by atoms with Crippen molar-refractivity contribution in [1.29, 1.82) is 0 Å². The summed E-state index contributed by atoms with van der Waals surface area (Å²) in [6.07, 6.45) is 7.45. The summed E-state index contributed by atoms with van der Waals surface area (Å²) in [7, 11) is 0. The molecule has 2 aromatic carbocycles. The maximum Gasteiger partial charge on any atom is 0.0415 e. The average molecular weight is 239 g/mol. The molecule has 0 aromatic heterocycles. The molecule has 18 heavy (non-hydrogen) atoms. The Morgan fingerprint density at radius 3 is 2.22 bits per heavy atom. The van der Waals surface area contributed by atoms with Gasteiger partial charge in [-0.05, 0) is 29.2 Å². The Morgan fingerprint density at radius 2 is 1.44 bits per heavy atom. The lowest BCUT2D eigenvalue weighted by Crippen LogP contribution is -2.36. The van der Waals surface area contributed by atoms with Gasteiger partial charge in [-0.3, -0.25) is 0 Å². The number of benzene rings is 2. The number of rotatable bonds is 1. The van der Waals surface area contributed by atoms with Gasteiger partial charge in [-0.15, -0.1) is 0 Å². The SMILES string of the molecule is NC1(c2cccc3ccccc23)CCCCCC1. The van der Waals surface area contributed by atoms with Crippen LogP contribution in [0.25, 0.3) is 10.8 Å². The smallest absolute Gasteiger partial charge is 0.0415 e. The van der Waals surface area contributed by atoms with E-state index in [-0.39, 0.29) is 5.54 Å². The molecule has 2 N–H and O–H groups in total. The van der Waals surface area contributed by atoms with Crippen LogP contribution in [0.1, 0.15) is 44.1 Å². The van der Waals surface area contributed by atoms with Gasteiger partial charge >= 0.3 is 0 Å². The molecule has 1 nitrogen and oxygen atoms in total. The predicted octanol–water partition coefficient (Wildman–Crippen LogP) is 4.35. The van der Waals surface area contributed by atoms with Crippen LogP contribution in [0.2, 0.25) is 0 Å². The highest BCUT2D eigenvalue weighted by atomic mass is 14.7. The highest BCUT2D eigenvalue weighted by Crippen LogP contribution is 2.37. The minimum atomic E-state index is -0.114. The molecular formula is C17H21N. The lowest BCUT2D eigenvalue weighted by molar-refractivity contribution is 0.388. The molecule has 3 rings (SSSR count). The molecule has 1 aliphatic rings. The van der Waals surface area contributed by atoms with E-state index in [1.54, 1.807) is 0 Å².